The van der Waals surface area contributed by atoms with E-state index in [1.165, 1.54) is 6.92 Å². The minimum atomic E-state index is -4.60. The Morgan fingerprint density at radius 3 is 2.38 bits per heavy atom. The molecule has 0 aliphatic rings. The van der Waals surface area contributed by atoms with Gasteiger partial charge in [-0.1, -0.05) is 18.2 Å². The van der Waals surface area contributed by atoms with Gasteiger partial charge in [0.05, 0.1) is 0 Å². The number of rotatable bonds is 5. The number of alkyl halides is 3. The number of carbonyl (C=O) groups is 2. The number of aromatic nitrogens is 2. The Kier molecular flexibility index (Phi) is 4.91. The normalized spacial score (nSPS) is 12.7. The number of para-hydroxylation sites is 1. The monoisotopic (exact) mass is 340 g/mol. The highest BCUT2D eigenvalue weighted by Crippen LogP contribution is 2.28. The molecule has 128 valence electrons. The van der Waals surface area contributed by atoms with Crippen LogP contribution in [0.1, 0.15) is 18.7 Å². The Morgan fingerprint density at radius 1 is 1.25 bits per heavy atom. The smallest absolute Gasteiger partial charge is 0.368 e. The third-order valence-electron chi connectivity index (χ3n) is 3.30. The van der Waals surface area contributed by atoms with Gasteiger partial charge in [0.25, 0.3) is 5.91 Å². The number of primary amides is 1. The van der Waals surface area contributed by atoms with E-state index in [0.29, 0.717) is 5.69 Å². The topological polar surface area (TPSA) is 81.2 Å². The summed E-state index contributed by atoms with van der Waals surface area (Å²) in [5.41, 5.74) is 4.48. The number of anilines is 1. The van der Waals surface area contributed by atoms with Crippen LogP contribution in [0.2, 0.25) is 0 Å². The van der Waals surface area contributed by atoms with Gasteiger partial charge < -0.3 is 10.6 Å². The molecule has 0 radical (unpaired) electrons. The van der Waals surface area contributed by atoms with Crippen molar-refractivity contribution < 1.29 is 22.8 Å². The number of nitrogens with zero attached hydrogens (tertiary/aromatic N) is 3. The maximum absolute atomic E-state index is 12.6. The van der Waals surface area contributed by atoms with E-state index in [9.17, 15) is 22.8 Å². The zero-order valence-corrected chi connectivity index (χ0v) is 12.7. The number of hydrogen-bond acceptors (Lipinski definition) is 3. The predicted molar refractivity (Wildman–Crippen MR) is 79.9 cm³/mol. The lowest BCUT2D eigenvalue weighted by molar-refractivity contribution is -0.141. The largest absolute Gasteiger partial charge is 0.435 e. The molecular weight excluding hydrogens is 325 g/mol. The van der Waals surface area contributed by atoms with Gasteiger partial charge in [-0.05, 0) is 25.1 Å². The van der Waals surface area contributed by atoms with Gasteiger partial charge in [0.1, 0.15) is 12.6 Å². The molecule has 9 heteroatoms. The van der Waals surface area contributed by atoms with Crippen molar-refractivity contribution in [2.45, 2.75) is 19.1 Å². The van der Waals surface area contributed by atoms with Crippen LogP contribution in [0, 0.1) is 0 Å². The molecule has 2 rings (SSSR count). The summed E-state index contributed by atoms with van der Waals surface area (Å²) in [6, 6.07) is 7.98. The van der Waals surface area contributed by atoms with Crippen molar-refractivity contribution in [3.63, 3.8) is 0 Å². The number of hydrogen-bond donors (Lipinski definition) is 1. The zero-order valence-electron chi connectivity index (χ0n) is 12.7. The van der Waals surface area contributed by atoms with E-state index in [1.807, 2.05) is 0 Å². The van der Waals surface area contributed by atoms with Gasteiger partial charge in [0.15, 0.2) is 5.69 Å². The number of halogens is 3. The molecule has 0 saturated heterocycles. The molecule has 2 N–H and O–H groups in total. The van der Waals surface area contributed by atoms with Crippen molar-refractivity contribution in [3.8, 4) is 0 Å². The van der Waals surface area contributed by atoms with Crippen LogP contribution in [0.15, 0.2) is 42.6 Å². The summed E-state index contributed by atoms with van der Waals surface area (Å²) in [4.78, 5) is 25.0. The third kappa shape index (κ3) is 3.92. The average molecular weight is 340 g/mol. The van der Waals surface area contributed by atoms with Crippen LogP contribution in [0.5, 0.6) is 0 Å². The Labute approximate surface area is 135 Å². The summed E-state index contributed by atoms with van der Waals surface area (Å²) in [5, 5.41) is 3.39. The van der Waals surface area contributed by atoms with E-state index in [1.54, 1.807) is 30.3 Å². The van der Waals surface area contributed by atoms with Gasteiger partial charge in [0, 0.05) is 11.9 Å². The Hall–Kier alpha value is -2.84. The van der Waals surface area contributed by atoms with Gasteiger partial charge in [-0.3, -0.25) is 14.3 Å². The summed E-state index contributed by atoms with van der Waals surface area (Å²) in [5.74, 6) is -1.34. The first-order chi connectivity index (χ1) is 11.2. The van der Waals surface area contributed by atoms with Gasteiger partial charge in [-0.25, -0.2) is 0 Å². The molecule has 0 spiro atoms. The highest BCUT2D eigenvalue weighted by molar-refractivity contribution is 6.00. The van der Waals surface area contributed by atoms with Gasteiger partial charge in [-0.15, -0.1) is 0 Å². The van der Waals surface area contributed by atoms with Crippen molar-refractivity contribution in [1.82, 2.24) is 9.78 Å². The van der Waals surface area contributed by atoms with E-state index < -0.39 is 29.7 Å². The molecule has 0 fully saturated rings. The van der Waals surface area contributed by atoms with Gasteiger partial charge in [0.2, 0.25) is 5.91 Å². The summed E-state index contributed by atoms with van der Waals surface area (Å²) in [6.07, 6.45) is -3.53. The predicted octanol–water partition coefficient (Wildman–Crippen LogP) is 1.98. The second-order valence-corrected chi connectivity index (χ2v) is 5.08. The fourth-order valence-corrected chi connectivity index (χ4v) is 2.10. The van der Waals surface area contributed by atoms with Crippen molar-refractivity contribution in [2.75, 3.05) is 11.4 Å². The van der Waals surface area contributed by atoms with E-state index in [0.717, 1.165) is 21.8 Å². The summed E-state index contributed by atoms with van der Waals surface area (Å²) >= 11 is 0. The van der Waals surface area contributed by atoms with Crippen molar-refractivity contribution in [3.05, 3.63) is 48.3 Å². The first-order valence-electron chi connectivity index (χ1n) is 6.97. The number of nitrogens with two attached hydrogens (primary N) is 1. The number of amides is 2. The van der Waals surface area contributed by atoms with Crippen molar-refractivity contribution >= 4 is 17.5 Å². The second kappa shape index (κ2) is 6.73. The van der Waals surface area contributed by atoms with Gasteiger partial charge in [-0.2, -0.15) is 18.3 Å². The van der Waals surface area contributed by atoms with Crippen LogP contribution in [0.4, 0.5) is 18.9 Å². The zero-order chi connectivity index (χ0) is 17.9. The molecule has 0 bridgehead atoms. The lowest BCUT2D eigenvalue weighted by atomic mass is 10.2. The summed E-state index contributed by atoms with van der Waals surface area (Å²) < 4.78 is 38.8. The molecule has 0 saturated carbocycles. The standard InChI is InChI=1S/C15H15F3N4O2/c1-10(22-8-7-12(20-22)15(16,17)18)14(24)21(9-13(19)23)11-5-3-2-4-6-11/h2-8,10H,9H2,1H3,(H2,19,23). The molecule has 1 heterocycles. The molecule has 6 nitrogen and oxygen atoms in total. The SMILES string of the molecule is CC(C(=O)N(CC(N)=O)c1ccccc1)n1ccc(C(F)(F)F)n1. The minimum Gasteiger partial charge on any atom is -0.368 e. The third-order valence-corrected chi connectivity index (χ3v) is 3.30. The molecule has 24 heavy (non-hydrogen) atoms. The molecule has 0 aliphatic carbocycles. The van der Waals surface area contributed by atoms with Gasteiger partial charge >= 0.3 is 6.18 Å². The van der Waals surface area contributed by atoms with Crippen LogP contribution in [0.25, 0.3) is 0 Å². The first kappa shape index (κ1) is 17.5. The Bertz CT molecular complexity index is 728. The summed E-state index contributed by atoms with van der Waals surface area (Å²) in [7, 11) is 0. The van der Waals surface area contributed by atoms with E-state index >= 15 is 0 Å². The highest BCUT2D eigenvalue weighted by Gasteiger charge is 2.35. The number of carbonyl (C=O) groups excluding carboxylic acids is 2. The van der Waals surface area contributed by atoms with Crippen LogP contribution in [0.3, 0.4) is 0 Å². The van der Waals surface area contributed by atoms with E-state index in [2.05, 4.69) is 5.10 Å². The highest BCUT2D eigenvalue weighted by atomic mass is 19.4. The molecule has 1 atom stereocenters. The minimum absolute atomic E-state index is 0.388. The van der Waals surface area contributed by atoms with E-state index in [-0.39, 0.29) is 6.54 Å². The lowest BCUT2D eigenvalue weighted by Gasteiger charge is -2.24. The molecule has 1 aromatic carbocycles. The molecule has 1 unspecified atom stereocenters. The fraction of sp³-hybridized carbons (Fsp3) is 0.267. The first-order valence-corrected chi connectivity index (χ1v) is 6.97. The van der Waals surface area contributed by atoms with Crippen molar-refractivity contribution in [2.24, 2.45) is 5.73 Å². The van der Waals surface area contributed by atoms with E-state index in [4.69, 9.17) is 5.73 Å². The maximum Gasteiger partial charge on any atom is 0.435 e. The Balaban J connectivity index is 2.28. The Morgan fingerprint density at radius 2 is 1.88 bits per heavy atom. The van der Waals surface area contributed by atoms with Crippen LogP contribution in [-0.4, -0.2) is 28.1 Å². The van der Waals surface area contributed by atoms with Crippen LogP contribution < -0.4 is 10.6 Å². The molecule has 2 amide bonds. The maximum atomic E-state index is 12.6. The summed E-state index contributed by atoms with van der Waals surface area (Å²) in [6.45, 7) is 1.01. The fourth-order valence-electron chi connectivity index (χ4n) is 2.10. The molecule has 0 aliphatic heterocycles. The molecular formula is C15H15F3N4O2. The lowest BCUT2D eigenvalue weighted by Crippen LogP contribution is -2.42. The molecule has 1 aromatic heterocycles. The van der Waals surface area contributed by atoms with Crippen LogP contribution >= 0.6 is 0 Å². The van der Waals surface area contributed by atoms with Crippen LogP contribution in [-0.2, 0) is 15.8 Å². The quantitative estimate of drug-likeness (QED) is 0.904. The molecule has 2 aromatic rings. The second-order valence-electron chi connectivity index (χ2n) is 5.08. The average Bonchev–Trinajstić information content (AvgIpc) is 3.02. The number of benzene rings is 1. The van der Waals surface area contributed by atoms with Crippen molar-refractivity contribution in [1.29, 1.82) is 0 Å².